The van der Waals surface area contributed by atoms with Gasteiger partial charge < -0.3 is 10.2 Å². The van der Waals surface area contributed by atoms with Gasteiger partial charge in [0.05, 0.1) is 11.2 Å². The zero-order valence-electron chi connectivity index (χ0n) is 13.2. The van der Waals surface area contributed by atoms with Gasteiger partial charge in [0.2, 0.25) is 0 Å². The van der Waals surface area contributed by atoms with Crippen molar-refractivity contribution in [2.24, 2.45) is 0 Å². The fourth-order valence-electron chi connectivity index (χ4n) is 2.79. The van der Waals surface area contributed by atoms with Crippen LogP contribution in [0.2, 0.25) is 0 Å². The van der Waals surface area contributed by atoms with Crippen molar-refractivity contribution in [2.75, 3.05) is 24.3 Å². The molecule has 0 atom stereocenters. The van der Waals surface area contributed by atoms with Gasteiger partial charge in [-0.2, -0.15) is 4.98 Å². The third kappa shape index (κ3) is 2.13. The summed E-state index contributed by atoms with van der Waals surface area (Å²) in [4.78, 5) is 6.48. The first-order valence-electron chi connectivity index (χ1n) is 7.48. The predicted octanol–water partition coefficient (Wildman–Crippen LogP) is 3.23. The van der Waals surface area contributed by atoms with Crippen LogP contribution < -0.4 is 10.2 Å². The summed E-state index contributed by atoms with van der Waals surface area (Å²) in [5.74, 6) is 0.758. The molecule has 0 unspecified atom stereocenters. The molecule has 0 bridgehead atoms. The van der Waals surface area contributed by atoms with Crippen LogP contribution in [0.3, 0.4) is 0 Å². The van der Waals surface area contributed by atoms with Crippen molar-refractivity contribution in [3.8, 4) is 0 Å². The number of rotatable bonds is 3. The Labute approximate surface area is 137 Å². The van der Waals surface area contributed by atoms with E-state index in [0.717, 1.165) is 11.2 Å². The molecule has 0 aliphatic heterocycles. The average molecular weight is 322 g/mol. The molecule has 0 fully saturated rings. The van der Waals surface area contributed by atoms with Crippen LogP contribution in [0.15, 0.2) is 48.8 Å². The van der Waals surface area contributed by atoms with Gasteiger partial charge in [-0.15, -0.1) is 10.2 Å². The number of aromatic nitrogens is 4. The number of nitrogens with one attached hydrogen (secondary N) is 1. The first kappa shape index (κ1) is 14.4. The summed E-state index contributed by atoms with van der Waals surface area (Å²) in [5.41, 5.74) is 2.15. The topological polar surface area (TPSA) is 58.3 Å². The van der Waals surface area contributed by atoms with E-state index in [4.69, 9.17) is 0 Å². The molecule has 0 amide bonds. The van der Waals surface area contributed by atoms with Crippen molar-refractivity contribution < 1.29 is 4.39 Å². The lowest BCUT2D eigenvalue weighted by atomic mass is 10.1. The summed E-state index contributed by atoms with van der Waals surface area (Å²) in [6.45, 7) is 0. The molecule has 120 valence electrons. The lowest BCUT2D eigenvalue weighted by molar-refractivity contribution is 0.633. The minimum atomic E-state index is -0.332. The Balaban J connectivity index is 2.04. The van der Waals surface area contributed by atoms with Gasteiger partial charge in [-0.3, -0.25) is 4.40 Å². The van der Waals surface area contributed by atoms with E-state index in [2.05, 4.69) is 20.5 Å². The Hall–Kier alpha value is -3.22. The maximum atomic E-state index is 14.3. The highest BCUT2D eigenvalue weighted by Crippen LogP contribution is 2.32. The summed E-state index contributed by atoms with van der Waals surface area (Å²) in [6.07, 6.45) is 1.58. The molecule has 2 aromatic carbocycles. The smallest absolute Gasteiger partial charge is 0.257 e. The van der Waals surface area contributed by atoms with Crippen molar-refractivity contribution in [1.82, 2.24) is 19.6 Å². The second-order valence-electron chi connectivity index (χ2n) is 5.43. The molecule has 0 aliphatic rings. The van der Waals surface area contributed by atoms with Gasteiger partial charge in [-0.1, -0.05) is 18.2 Å². The molecule has 0 radical (unpaired) electrons. The van der Waals surface area contributed by atoms with Crippen LogP contribution in [0, 0.1) is 5.82 Å². The molecule has 0 saturated carbocycles. The predicted molar refractivity (Wildman–Crippen MR) is 92.3 cm³/mol. The van der Waals surface area contributed by atoms with E-state index in [0.29, 0.717) is 22.7 Å². The quantitative estimate of drug-likeness (QED) is 0.627. The van der Waals surface area contributed by atoms with Crippen LogP contribution >= 0.6 is 0 Å². The monoisotopic (exact) mass is 322 g/mol. The number of halogens is 1. The van der Waals surface area contributed by atoms with Crippen LogP contribution in [-0.4, -0.2) is 33.7 Å². The van der Waals surface area contributed by atoms with E-state index >= 15 is 0 Å². The Morgan fingerprint density at radius 2 is 1.96 bits per heavy atom. The van der Waals surface area contributed by atoms with Gasteiger partial charge in [-0.05, 0) is 24.3 Å². The van der Waals surface area contributed by atoms with Crippen LogP contribution in [0.1, 0.15) is 0 Å². The molecule has 0 aliphatic carbocycles. The largest absolute Gasteiger partial charge is 0.386 e. The highest BCUT2D eigenvalue weighted by Gasteiger charge is 2.16. The minimum Gasteiger partial charge on any atom is -0.386 e. The van der Waals surface area contributed by atoms with E-state index < -0.39 is 0 Å². The van der Waals surface area contributed by atoms with Crippen molar-refractivity contribution in [3.05, 3.63) is 54.6 Å². The standard InChI is InChI=1S/C17H15FN6/c1-19-14-9-15-12(8-13(14)18)16(21-17-22-20-10-24(15)17)23(2)11-6-4-3-5-7-11/h3-10,19H,1-2H3. The van der Waals surface area contributed by atoms with E-state index in [1.807, 2.05) is 42.3 Å². The molecule has 6 nitrogen and oxygen atoms in total. The highest BCUT2D eigenvalue weighted by molar-refractivity contribution is 5.95. The summed E-state index contributed by atoms with van der Waals surface area (Å²) in [7, 11) is 3.58. The lowest BCUT2D eigenvalue weighted by Gasteiger charge is -2.20. The number of anilines is 3. The van der Waals surface area contributed by atoms with Crippen molar-refractivity contribution in [1.29, 1.82) is 0 Å². The zero-order valence-corrected chi connectivity index (χ0v) is 13.2. The Bertz CT molecular complexity index is 1030. The van der Waals surface area contributed by atoms with Gasteiger partial charge in [0, 0.05) is 25.2 Å². The molecule has 2 aromatic heterocycles. The van der Waals surface area contributed by atoms with Crippen LogP contribution in [0.25, 0.3) is 16.7 Å². The van der Waals surface area contributed by atoms with Crippen molar-refractivity contribution in [2.45, 2.75) is 0 Å². The van der Waals surface area contributed by atoms with E-state index in [9.17, 15) is 4.39 Å². The molecule has 1 N–H and O–H groups in total. The number of benzene rings is 2. The molecular weight excluding hydrogens is 307 g/mol. The van der Waals surface area contributed by atoms with Gasteiger partial charge >= 0.3 is 0 Å². The first-order valence-corrected chi connectivity index (χ1v) is 7.48. The van der Waals surface area contributed by atoms with Crippen molar-refractivity contribution >= 4 is 33.9 Å². The van der Waals surface area contributed by atoms with E-state index in [-0.39, 0.29) is 5.82 Å². The number of hydrogen-bond acceptors (Lipinski definition) is 5. The molecule has 0 spiro atoms. The number of hydrogen-bond donors (Lipinski definition) is 1. The molecule has 2 heterocycles. The van der Waals surface area contributed by atoms with Gasteiger partial charge in [-0.25, -0.2) is 4.39 Å². The van der Waals surface area contributed by atoms with Crippen molar-refractivity contribution in [3.63, 3.8) is 0 Å². The van der Waals surface area contributed by atoms with Gasteiger partial charge in [0.15, 0.2) is 0 Å². The van der Waals surface area contributed by atoms with Gasteiger partial charge in [0.25, 0.3) is 5.78 Å². The van der Waals surface area contributed by atoms with Crippen LogP contribution in [-0.2, 0) is 0 Å². The van der Waals surface area contributed by atoms with Crippen LogP contribution in [0.4, 0.5) is 21.6 Å². The number of para-hydroxylation sites is 1. The molecule has 0 saturated heterocycles. The fourth-order valence-corrected chi connectivity index (χ4v) is 2.79. The molecular formula is C17H15FN6. The summed E-state index contributed by atoms with van der Waals surface area (Å²) < 4.78 is 16.1. The maximum Gasteiger partial charge on any atom is 0.257 e. The second kappa shape index (κ2) is 5.45. The lowest BCUT2D eigenvalue weighted by Crippen LogP contribution is -2.13. The normalized spacial score (nSPS) is 11.1. The third-order valence-corrected chi connectivity index (χ3v) is 4.05. The Morgan fingerprint density at radius 1 is 1.17 bits per heavy atom. The SMILES string of the molecule is CNc1cc2c(cc1F)c(N(C)c1ccccc1)nc1nncn12. The molecule has 7 heteroatoms. The maximum absolute atomic E-state index is 14.3. The minimum absolute atomic E-state index is 0.332. The highest BCUT2D eigenvalue weighted by atomic mass is 19.1. The van der Waals surface area contributed by atoms with E-state index in [1.54, 1.807) is 23.8 Å². The summed E-state index contributed by atoms with van der Waals surface area (Å²) >= 11 is 0. The molecule has 4 rings (SSSR count). The summed E-state index contributed by atoms with van der Waals surface area (Å²) in [5, 5.41) is 11.5. The average Bonchev–Trinajstić information content (AvgIpc) is 3.09. The zero-order chi connectivity index (χ0) is 16.7. The molecule has 24 heavy (non-hydrogen) atoms. The fraction of sp³-hybridized carbons (Fsp3) is 0.118. The third-order valence-electron chi connectivity index (χ3n) is 4.05. The summed E-state index contributed by atoms with van der Waals surface area (Å²) in [6, 6.07) is 13.0. The van der Waals surface area contributed by atoms with E-state index in [1.165, 1.54) is 6.07 Å². The Kier molecular flexibility index (Phi) is 3.26. The van der Waals surface area contributed by atoms with Crippen LogP contribution in [0.5, 0.6) is 0 Å². The van der Waals surface area contributed by atoms with Gasteiger partial charge in [0.1, 0.15) is 18.0 Å². The Morgan fingerprint density at radius 3 is 2.71 bits per heavy atom. The first-order chi connectivity index (χ1) is 11.7. The molecule has 4 aromatic rings. The second-order valence-corrected chi connectivity index (χ2v) is 5.43. The number of fused-ring (bicyclic) bond motifs is 3. The number of nitrogens with zero attached hydrogens (tertiary/aromatic N) is 5.